The van der Waals surface area contributed by atoms with E-state index in [2.05, 4.69) is 81.2 Å². The quantitative estimate of drug-likeness (QED) is 0.389. The summed E-state index contributed by atoms with van der Waals surface area (Å²) in [4.78, 5) is 0. The molecule has 0 radical (unpaired) electrons. The van der Waals surface area contributed by atoms with Gasteiger partial charge in [0.15, 0.2) is 0 Å². The number of rotatable bonds is 2. The van der Waals surface area contributed by atoms with Gasteiger partial charge in [-0.05, 0) is 52.6 Å². The van der Waals surface area contributed by atoms with Crippen molar-refractivity contribution in [3.05, 3.63) is 80.2 Å². The number of hydrogen-bond donors (Lipinski definition) is 0. The van der Waals surface area contributed by atoms with Crippen molar-refractivity contribution >= 4 is 54.2 Å². The highest BCUT2D eigenvalue weighted by molar-refractivity contribution is 9.11. The van der Waals surface area contributed by atoms with Gasteiger partial charge in [-0.25, -0.2) is 0 Å². The fraction of sp³-hybridized carbons (Fsp3) is 0.111. The Hall–Kier alpha value is -0.830. The van der Waals surface area contributed by atoms with E-state index in [1.54, 1.807) is 0 Å². The molecule has 0 aliphatic carbocycles. The number of fused-ring (bicyclic) bond motifs is 1. The lowest BCUT2D eigenvalue weighted by Gasteiger charge is -2.15. The molecule has 3 rings (SSSR count). The molecule has 0 nitrogen and oxygen atoms in total. The lowest BCUT2D eigenvalue weighted by molar-refractivity contribution is 1.14. The second kappa shape index (κ2) is 6.12. The number of halogens is 3. The van der Waals surface area contributed by atoms with Crippen molar-refractivity contribution in [2.75, 3.05) is 0 Å². The highest BCUT2D eigenvalue weighted by Crippen LogP contribution is 2.37. The molecule has 0 aromatic heterocycles. The van der Waals surface area contributed by atoms with Crippen molar-refractivity contribution in [2.45, 2.75) is 12.3 Å². The third-order valence-corrected chi connectivity index (χ3v) is 5.17. The second-order valence-electron chi connectivity index (χ2n) is 5.11. The van der Waals surface area contributed by atoms with E-state index in [4.69, 9.17) is 11.6 Å². The monoisotopic (exact) mass is 422 g/mol. The summed E-state index contributed by atoms with van der Waals surface area (Å²) in [5.74, 6) is 0. The van der Waals surface area contributed by atoms with E-state index < -0.39 is 0 Å². The molecule has 0 fully saturated rings. The van der Waals surface area contributed by atoms with Crippen molar-refractivity contribution in [1.82, 2.24) is 0 Å². The first-order valence-corrected chi connectivity index (χ1v) is 8.67. The Morgan fingerprint density at radius 2 is 1.62 bits per heavy atom. The van der Waals surface area contributed by atoms with E-state index in [0.29, 0.717) is 0 Å². The maximum Gasteiger partial charge on any atom is 0.0841 e. The standard InChI is InChI=1S/C18H13Br2Cl/c1-11-8-12(10-13(19)9-11)18(21)16-6-7-17(20)15-5-3-2-4-14(15)16/h2-10,18H,1H3. The molecule has 21 heavy (non-hydrogen) atoms. The molecule has 0 aliphatic rings. The van der Waals surface area contributed by atoms with Gasteiger partial charge in [0.1, 0.15) is 0 Å². The number of aryl methyl sites for hydroxylation is 1. The van der Waals surface area contributed by atoms with E-state index in [1.165, 1.54) is 16.3 Å². The van der Waals surface area contributed by atoms with Crippen molar-refractivity contribution < 1.29 is 0 Å². The molecule has 1 unspecified atom stereocenters. The zero-order chi connectivity index (χ0) is 15.0. The molecule has 3 aromatic rings. The predicted octanol–water partition coefficient (Wildman–Crippen LogP) is 7.00. The Morgan fingerprint density at radius 3 is 2.33 bits per heavy atom. The molecule has 3 aromatic carbocycles. The van der Waals surface area contributed by atoms with Gasteiger partial charge in [-0.3, -0.25) is 0 Å². The van der Waals surface area contributed by atoms with Crippen molar-refractivity contribution in [1.29, 1.82) is 0 Å². The molecule has 0 N–H and O–H groups in total. The summed E-state index contributed by atoms with van der Waals surface area (Å²) in [7, 11) is 0. The zero-order valence-corrected chi connectivity index (χ0v) is 15.3. The summed E-state index contributed by atoms with van der Waals surface area (Å²) in [5.41, 5.74) is 3.44. The Morgan fingerprint density at radius 1 is 0.905 bits per heavy atom. The summed E-state index contributed by atoms with van der Waals surface area (Å²) in [5, 5.41) is 2.20. The SMILES string of the molecule is Cc1cc(Br)cc(C(Cl)c2ccc(Br)c3ccccc23)c1. The third kappa shape index (κ3) is 3.03. The molecule has 0 aliphatic heterocycles. The molecule has 0 spiro atoms. The van der Waals surface area contributed by atoms with Crippen LogP contribution in [0.4, 0.5) is 0 Å². The smallest absolute Gasteiger partial charge is 0.0841 e. The van der Waals surface area contributed by atoms with E-state index in [1.807, 2.05) is 12.1 Å². The molecule has 0 heterocycles. The van der Waals surface area contributed by atoms with Crippen LogP contribution in [-0.4, -0.2) is 0 Å². The highest BCUT2D eigenvalue weighted by Gasteiger charge is 2.15. The molecule has 3 heteroatoms. The Kier molecular flexibility index (Phi) is 4.39. The average Bonchev–Trinajstić information content (AvgIpc) is 2.46. The van der Waals surface area contributed by atoms with Gasteiger partial charge in [0, 0.05) is 8.95 Å². The molecule has 0 amide bonds. The summed E-state index contributed by atoms with van der Waals surface area (Å²) in [6, 6.07) is 18.8. The summed E-state index contributed by atoms with van der Waals surface area (Å²) >= 11 is 13.9. The third-order valence-electron chi connectivity index (χ3n) is 3.53. The number of benzene rings is 3. The van der Waals surface area contributed by atoms with Gasteiger partial charge >= 0.3 is 0 Å². The zero-order valence-electron chi connectivity index (χ0n) is 11.4. The predicted molar refractivity (Wildman–Crippen MR) is 98.2 cm³/mol. The fourth-order valence-corrected chi connectivity index (χ4v) is 4.02. The van der Waals surface area contributed by atoms with Crippen molar-refractivity contribution in [2.24, 2.45) is 0 Å². The largest absolute Gasteiger partial charge is 0.113 e. The maximum absolute atomic E-state index is 6.77. The van der Waals surface area contributed by atoms with Crippen LogP contribution in [0.1, 0.15) is 22.1 Å². The topological polar surface area (TPSA) is 0 Å². The van der Waals surface area contributed by atoms with Crippen LogP contribution < -0.4 is 0 Å². The first-order chi connectivity index (χ1) is 10.1. The first-order valence-electron chi connectivity index (χ1n) is 6.64. The molecular formula is C18H13Br2Cl. The minimum absolute atomic E-state index is 0.167. The van der Waals surface area contributed by atoms with Crippen LogP contribution in [0, 0.1) is 6.92 Å². The van der Waals surface area contributed by atoms with Crippen LogP contribution in [0.15, 0.2) is 63.5 Å². The van der Waals surface area contributed by atoms with E-state index in [9.17, 15) is 0 Å². The lowest BCUT2D eigenvalue weighted by atomic mass is 9.97. The van der Waals surface area contributed by atoms with Crippen LogP contribution >= 0.6 is 43.5 Å². The van der Waals surface area contributed by atoms with Gasteiger partial charge in [0.2, 0.25) is 0 Å². The van der Waals surface area contributed by atoms with Crippen molar-refractivity contribution in [3.63, 3.8) is 0 Å². The molecular weight excluding hydrogens is 411 g/mol. The normalized spacial score (nSPS) is 12.6. The van der Waals surface area contributed by atoms with Crippen LogP contribution in [0.3, 0.4) is 0 Å². The number of alkyl halides is 1. The van der Waals surface area contributed by atoms with Gasteiger partial charge in [-0.1, -0.05) is 68.3 Å². The molecule has 106 valence electrons. The first kappa shape index (κ1) is 15.1. The maximum atomic E-state index is 6.77. The minimum Gasteiger partial charge on any atom is -0.113 e. The molecule has 1 atom stereocenters. The second-order valence-corrected chi connectivity index (χ2v) is 7.31. The lowest BCUT2D eigenvalue weighted by Crippen LogP contribution is -1.96. The Balaban J connectivity index is 2.18. The highest BCUT2D eigenvalue weighted by atomic mass is 79.9. The molecule has 0 bridgehead atoms. The van der Waals surface area contributed by atoms with E-state index >= 15 is 0 Å². The fourth-order valence-electron chi connectivity index (χ4n) is 2.60. The van der Waals surface area contributed by atoms with E-state index in [0.717, 1.165) is 20.1 Å². The van der Waals surface area contributed by atoms with Crippen LogP contribution in [-0.2, 0) is 0 Å². The molecule has 0 saturated heterocycles. The van der Waals surface area contributed by atoms with Gasteiger partial charge in [-0.15, -0.1) is 11.6 Å². The summed E-state index contributed by atoms with van der Waals surface area (Å²) in [6.07, 6.45) is 0. The molecule has 0 saturated carbocycles. The summed E-state index contributed by atoms with van der Waals surface area (Å²) in [6.45, 7) is 2.08. The minimum atomic E-state index is -0.167. The average molecular weight is 425 g/mol. The van der Waals surface area contributed by atoms with Gasteiger partial charge < -0.3 is 0 Å². The van der Waals surface area contributed by atoms with Gasteiger partial charge in [-0.2, -0.15) is 0 Å². The Bertz CT molecular complexity index is 791. The van der Waals surface area contributed by atoms with Gasteiger partial charge in [0.25, 0.3) is 0 Å². The van der Waals surface area contributed by atoms with Crippen LogP contribution in [0.25, 0.3) is 10.8 Å². The summed E-state index contributed by atoms with van der Waals surface area (Å²) < 4.78 is 2.15. The van der Waals surface area contributed by atoms with Gasteiger partial charge in [0.05, 0.1) is 5.38 Å². The Labute approximate surface area is 146 Å². The van der Waals surface area contributed by atoms with Crippen molar-refractivity contribution in [3.8, 4) is 0 Å². The van der Waals surface area contributed by atoms with E-state index in [-0.39, 0.29) is 5.38 Å². The number of hydrogen-bond acceptors (Lipinski definition) is 0. The van der Waals surface area contributed by atoms with Crippen LogP contribution in [0.2, 0.25) is 0 Å². The van der Waals surface area contributed by atoms with Crippen LogP contribution in [0.5, 0.6) is 0 Å².